The number of carbonyl (C=O) groups excluding carboxylic acids is 2. The van der Waals surface area contributed by atoms with Crippen LogP contribution in [-0.2, 0) is 11.3 Å². The number of thiophene rings is 2. The third-order valence-electron chi connectivity index (χ3n) is 2.46. The van der Waals surface area contributed by atoms with Crippen molar-refractivity contribution in [2.24, 2.45) is 0 Å². The van der Waals surface area contributed by atoms with Crippen LogP contribution >= 0.6 is 22.7 Å². The second-order valence-corrected chi connectivity index (χ2v) is 6.00. The van der Waals surface area contributed by atoms with E-state index >= 15 is 0 Å². The van der Waals surface area contributed by atoms with E-state index in [9.17, 15) is 9.59 Å². The van der Waals surface area contributed by atoms with Gasteiger partial charge in [-0.05, 0) is 34.5 Å². The van der Waals surface area contributed by atoms with Gasteiger partial charge in [0.1, 0.15) is 0 Å². The lowest BCUT2D eigenvalue weighted by Crippen LogP contribution is -2.25. The molecule has 100 valence electrons. The highest BCUT2D eigenvalue weighted by molar-refractivity contribution is 7.18. The summed E-state index contributed by atoms with van der Waals surface area (Å²) >= 11 is 2.91. The zero-order chi connectivity index (χ0) is 13.8. The fraction of sp³-hybridized carbons (Fsp3) is 0.231. The second-order valence-electron chi connectivity index (χ2n) is 4.14. The molecule has 0 unspecified atom stereocenters. The maximum Gasteiger partial charge on any atom is 0.264 e. The van der Waals surface area contributed by atoms with E-state index in [-0.39, 0.29) is 11.8 Å². The highest BCUT2D eigenvalue weighted by Crippen LogP contribution is 2.23. The predicted octanol–water partition coefficient (Wildman–Crippen LogP) is 3.04. The Morgan fingerprint density at radius 2 is 2.11 bits per heavy atom. The minimum atomic E-state index is -0.132. The van der Waals surface area contributed by atoms with Crippen LogP contribution in [0.1, 0.15) is 22.2 Å². The van der Waals surface area contributed by atoms with E-state index in [4.69, 9.17) is 0 Å². The minimum Gasteiger partial charge on any atom is -0.337 e. The van der Waals surface area contributed by atoms with E-state index in [1.807, 2.05) is 16.8 Å². The van der Waals surface area contributed by atoms with Crippen LogP contribution in [0.25, 0.3) is 0 Å². The second kappa shape index (κ2) is 5.99. The number of nitrogens with zero attached hydrogens (tertiary/aromatic N) is 1. The van der Waals surface area contributed by atoms with Gasteiger partial charge < -0.3 is 10.2 Å². The molecule has 0 spiro atoms. The van der Waals surface area contributed by atoms with Gasteiger partial charge in [0, 0.05) is 20.5 Å². The molecule has 0 aromatic carbocycles. The van der Waals surface area contributed by atoms with E-state index in [1.165, 1.54) is 18.3 Å². The Morgan fingerprint density at radius 3 is 2.74 bits per heavy atom. The van der Waals surface area contributed by atoms with Crippen LogP contribution in [0.15, 0.2) is 29.0 Å². The van der Waals surface area contributed by atoms with Crippen molar-refractivity contribution in [1.29, 1.82) is 0 Å². The van der Waals surface area contributed by atoms with Gasteiger partial charge in [0.2, 0.25) is 5.91 Å². The number of hydrogen-bond acceptors (Lipinski definition) is 4. The van der Waals surface area contributed by atoms with Crippen molar-refractivity contribution in [2.75, 3.05) is 12.4 Å². The lowest BCUT2D eigenvalue weighted by atomic mass is 10.3. The average Bonchev–Trinajstić information content (AvgIpc) is 2.98. The fourth-order valence-electron chi connectivity index (χ4n) is 1.61. The van der Waals surface area contributed by atoms with Gasteiger partial charge in [-0.25, -0.2) is 0 Å². The maximum atomic E-state index is 12.2. The van der Waals surface area contributed by atoms with Gasteiger partial charge in [0.05, 0.1) is 9.88 Å². The van der Waals surface area contributed by atoms with Crippen LogP contribution in [0.5, 0.6) is 0 Å². The van der Waals surface area contributed by atoms with Crippen molar-refractivity contribution >= 4 is 39.5 Å². The van der Waals surface area contributed by atoms with Gasteiger partial charge in [-0.3, -0.25) is 9.59 Å². The molecule has 2 heterocycles. The van der Waals surface area contributed by atoms with Crippen LogP contribution in [0.3, 0.4) is 0 Å². The highest BCUT2D eigenvalue weighted by Gasteiger charge is 2.15. The Bertz CT molecular complexity index is 575. The number of amides is 2. The summed E-state index contributed by atoms with van der Waals surface area (Å²) in [4.78, 5) is 25.4. The Labute approximate surface area is 119 Å². The molecule has 0 aliphatic rings. The molecule has 0 saturated heterocycles. The number of rotatable bonds is 4. The smallest absolute Gasteiger partial charge is 0.264 e. The van der Waals surface area contributed by atoms with E-state index in [2.05, 4.69) is 5.32 Å². The summed E-state index contributed by atoms with van der Waals surface area (Å²) in [6.45, 7) is 2.04. The molecular weight excluding hydrogens is 280 g/mol. The maximum absolute atomic E-state index is 12.2. The number of anilines is 1. The van der Waals surface area contributed by atoms with Gasteiger partial charge in [0.15, 0.2) is 0 Å². The first-order chi connectivity index (χ1) is 9.06. The molecule has 0 radical (unpaired) electrons. The van der Waals surface area contributed by atoms with Crippen molar-refractivity contribution in [3.63, 3.8) is 0 Å². The zero-order valence-corrected chi connectivity index (χ0v) is 12.3. The fourth-order valence-corrected chi connectivity index (χ4v) is 3.22. The normalized spacial score (nSPS) is 10.2. The number of carbonyl (C=O) groups is 2. The van der Waals surface area contributed by atoms with Crippen LogP contribution in [0.4, 0.5) is 5.00 Å². The van der Waals surface area contributed by atoms with E-state index in [0.29, 0.717) is 16.4 Å². The Morgan fingerprint density at radius 1 is 1.32 bits per heavy atom. The summed E-state index contributed by atoms with van der Waals surface area (Å²) in [7, 11) is 1.78. The number of nitrogens with one attached hydrogen (secondary N) is 1. The van der Waals surface area contributed by atoms with Crippen molar-refractivity contribution in [3.8, 4) is 0 Å². The van der Waals surface area contributed by atoms with Gasteiger partial charge in [-0.2, -0.15) is 11.3 Å². The van der Waals surface area contributed by atoms with E-state index in [0.717, 1.165) is 5.56 Å². The summed E-state index contributed by atoms with van der Waals surface area (Å²) in [6, 6.07) is 5.49. The highest BCUT2D eigenvalue weighted by atomic mass is 32.1. The molecule has 2 aromatic heterocycles. The summed E-state index contributed by atoms with van der Waals surface area (Å²) in [5.41, 5.74) is 1.12. The molecule has 2 amide bonds. The largest absolute Gasteiger partial charge is 0.337 e. The number of hydrogen-bond donors (Lipinski definition) is 1. The molecule has 0 fully saturated rings. The molecule has 1 N–H and O–H groups in total. The van der Waals surface area contributed by atoms with Gasteiger partial charge in [-0.15, -0.1) is 11.3 Å². The predicted molar refractivity (Wildman–Crippen MR) is 78.7 cm³/mol. The van der Waals surface area contributed by atoms with Crippen LogP contribution < -0.4 is 5.32 Å². The molecule has 0 bridgehead atoms. The van der Waals surface area contributed by atoms with Crippen LogP contribution in [0, 0.1) is 0 Å². The third kappa shape index (κ3) is 3.65. The lowest BCUT2D eigenvalue weighted by Gasteiger charge is -2.15. The molecule has 6 heteroatoms. The zero-order valence-electron chi connectivity index (χ0n) is 10.7. The topological polar surface area (TPSA) is 49.4 Å². The Balaban J connectivity index is 2.02. The molecule has 2 aromatic rings. The molecular formula is C13H14N2O2S2. The summed E-state index contributed by atoms with van der Waals surface area (Å²) in [5.74, 6) is -0.166. The summed E-state index contributed by atoms with van der Waals surface area (Å²) < 4.78 is 0. The Kier molecular flexibility index (Phi) is 4.34. The van der Waals surface area contributed by atoms with Crippen molar-refractivity contribution in [2.45, 2.75) is 13.5 Å². The average molecular weight is 294 g/mol. The molecule has 0 saturated carbocycles. The minimum absolute atomic E-state index is 0.0344. The Hall–Kier alpha value is -1.66. The van der Waals surface area contributed by atoms with Gasteiger partial charge >= 0.3 is 0 Å². The monoisotopic (exact) mass is 294 g/mol. The molecule has 0 aliphatic carbocycles. The SMILES string of the molecule is CC(=O)Nc1ccc(C(=O)N(C)Cc2ccsc2)s1. The lowest BCUT2D eigenvalue weighted by molar-refractivity contribution is -0.114. The quantitative estimate of drug-likeness (QED) is 0.942. The van der Waals surface area contributed by atoms with Crippen LogP contribution in [0.2, 0.25) is 0 Å². The first-order valence-corrected chi connectivity index (χ1v) is 7.46. The standard InChI is InChI=1S/C13H14N2O2S2/c1-9(16)14-12-4-3-11(19-12)13(17)15(2)7-10-5-6-18-8-10/h3-6,8H,7H2,1-2H3,(H,14,16). The molecule has 2 rings (SSSR count). The van der Waals surface area contributed by atoms with Crippen LogP contribution in [-0.4, -0.2) is 23.8 Å². The molecule has 19 heavy (non-hydrogen) atoms. The molecule has 0 atom stereocenters. The van der Waals surface area contributed by atoms with Crippen molar-refractivity contribution in [1.82, 2.24) is 4.90 Å². The van der Waals surface area contributed by atoms with E-state index < -0.39 is 0 Å². The summed E-state index contributed by atoms with van der Waals surface area (Å²) in [6.07, 6.45) is 0. The first-order valence-electron chi connectivity index (χ1n) is 5.70. The molecule has 0 aliphatic heterocycles. The molecule has 4 nitrogen and oxygen atoms in total. The van der Waals surface area contributed by atoms with Crippen molar-refractivity contribution < 1.29 is 9.59 Å². The van der Waals surface area contributed by atoms with Crippen molar-refractivity contribution in [3.05, 3.63) is 39.4 Å². The van der Waals surface area contributed by atoms with E-state index in [1.54, 1.807) is 35.4 Å². The van der Waals surface area contributed by atoms with Gasteiger partial charge in [0.25, 0.3) is 5.91 Å². The summed E-state index contributed by atoms with van der Waals surface area (Å²) in [5, 5.41) is 7.39. The third-order valence-corrected chi connectivity index (χ3v) is 4.18. The first kappa shape index (κ1) is 13.8. The van der Waals surface area contributed by atoms with Gasteiger partial charge in [-0.1, -0.05) is 0 Å².